The van der Waals surface area contributed by atoms with Gasteiger partial charge in [-0.15, -0.1) is 0 Å². The molecule has 1 saturated heterocycles. The maximum absolute atomic E-state index is 13.2. The molecule has 0 bridgehead atoms. The highest BCUT2D eigenvalue weighted by atomic mass is 16.6. The third-order valence-corrected chi connectivity index (χ3v) is 6.60. The predicted octanol–water partition coefficient (Wildman–Crippen LogP) is 1.33. The smallest absolute Gasteiger partial charge is 0.270 e. The van der Waals surface area contributed by atoms with Gasteiger partial charge in [0.1, 0.15) is 24.8 Å². The second-order valence-corrected chi connectivity index (χ2v) is 9.66. The summed E-state index contributed by atoms with van der Waals surface area (Å²) in [5, 5.41) is 7.74. The fourth-order valence-electron chi connectivity index (χ4n) is 4.50. The van der Waals surface area contributed by atoms with Gasteiger partial charge in [-0.05, 0) is 35.7 Å². The Labute approximate surface area is 219 Å². The molecule has 3 N–H and O–H groups in total. The first-order chi connectivity index (χ1) is 18.2. The molecule has 4 amide bonds. The number of fused-ring (bicyclic) bond motifs is 1. The molecule has 3 heterocycles. The number of carbonyl (C=O) groups excluding carboxylic acids is 5. The van der Waals surface area contributed by atoms with E-state index in [0.29, 0.717) is 30.3 Å². The number of amides is 4. The molecule has 1 aromatic carbocycles. The lowest BCUT2D eigenvalue weighted by Gasteiger charge is -2.26. The zero-order chi connectivity index (χ0) is 27.4. The van der Waals surface area contributed by atoms with Crippen LogP contribution in [0.3, 0.4) is 0 Å². The van der Waals surface area contributed by atoms with E-state index in [1.165, 1.54) is 13.1 Å². The minimum atomic E-state index is -1.17. The summed E-state index contributed by atoms with van der Waals surface area (Å²) in [7, 11) is 0. The highest BCUT2D eigenvalue weighted by molar-refractivity contribution is 6.16. The number of ether oxygens (including phenoxy) is 2. The van der Waals surface area contributed by atoms with Crippen molar-refractivity contribution in [3.05, 3.63) is 53.9 Å². The monoisotopic (exact) mass is 522 g/mol. The Balaban J connectivity index is 1.55. The Morgan fingerprint density at radius 1 is 1.03 bits per heavy atom. The molecular formula is C27H30N4O7. The molecule has 11 heteroatoms. The molecule has 0 spiro atoms. The van der Waals surface area contributed by atoms with Crippen molar-refractivity contribution in [1.29, 1.82) is 0 Å². The zero-order valence-electron chi connectivity index (χ0n) is 21.4. The van der Waals surface area contributed by atoms with Crippen molar-refractivity contribution in [3.8, 4) is 11.5 Å². The van der Waals surface area contributed by atoms with Gasteiger partial charge in [0.05, 0.1) is 24.4 Å². The van der Waals surface area contributed by atoms with Gasteiger partial charge >= 0.3 is 0 Å². The second kappa shape index (κ2) is 11.4. The molecule has 11 nitrogen and oxygen atoms in total. The summed E-state index contributed by atoms with van der Waals surface area (Å²) in [4.78, 5) is 67.6. The van der Waals surface area contributed by atoms with Crippen molar-refractivity contribution in [3.63, 3.8) is 0 Å². The van der Waals surface area contributed by atoms with Crippen LogP contribution in [0.2, 0.25) is 0 Å². The average Bonchev–Trinajstić information content (AvgIpc) is 3.17. The largest absolute Gasteiger partial charge is 0.486 e. The molecule has 2 aliphatic heterocycles. The molecule has 0 saturated carbocycles. The first-order valence-electron chi connectivity index (χ1n) is 12.4. The number of nitrogens with zero attached hydrogens (tertiary/aromatic N) is 1. The molecule has 0 radical (unpaired) electrons. The number of imide groups is 1. The Morgan fingerprint density at radius 3 is 2.39 bits per heavy atom. The third kappa shape index (κ3) is 5.82. The number of rotatable bonds is 9. The van der Waals surface area contributed by atoms with Gasteiger partial charge in [0.2, 0.25) is 17.7 Å². The molecule has 38 heavy (non-hydrogen) atoms. The highest BCUT2D eigenvalue weighted by Crippen LogP contribution is 2.33. The number of ketones is 1. The van der Waals surface area contributed by atoms with Crippen molar-refractivity contribution in [1.82, 2.24) is 20.9 Å². The molecule has 0 aliphatic carbocycles. The predicted molar refractivity (Wildman–Crippen MR) is 134 cm³/mol. The molecule has 4 atom stereocenters. The Bertz CT molecular complexity index is 1250. The van der Waals surface area contributed by atoms with Crippen LogP contribution in [0.15, 0.2) is 42.6 Å². The van der Waals surface area contributed by atoms with Crippen LogP contribution in [0.4, 0.5) is 0 Å². The molecule has 2 aliphatic rings. The SMILES string of the molecule is CC(C)[C@@H](NC(=O)CC(NC(=O)c1ccccn1)c1ccc2c(c1)OCCO2)C(=O)[C@@H]1C(=O)NC(=O)[C@H]1C. The van der Waals surface area contributed by atoms with E-state index in [-0.39, 0.29) is 18.0 Å². The first-order valence-corrected chi connectivity index (χ1v) is 12.4. The maximum Gasteiger partial charge on any atom is 0.270 e. The third-order valence-electron chi connectivity index (χ3n) is 6.60. The van der Waals surface area contributed by atoms with E-state index in [9.17, 15) is 24.0 Å². The average molecular weight is 523 g/mol. The van der Waals surface area contributed by atoms with Crippen LogP contribution >= 0.6 is 0 Å². The fraction of sp³-hybridized carbons (Fsp3) is 0.407. The molecule has 1 aromatic heterocycles. The standard InChI is InChI=1S/C27H30N4O7/c1-14(2)23(24(33)22-15(3)25(34)31-27(22)36)30-21(32)13-18(29-26(35)17-6-4-5-9-28-17)16-7-8-19-20(12-16)38-11-10-37-19/h4-9,12,14-15,18,22-23H,10-11,13H2,1-3H3,(H,29,35)(H,30,32)(H,31,34,36)/t15-,18?,22+,23+/m0/s1. The lowest BCUT2D eigenvalue weighted by atomic mass is 9.85. The van der Waals surface area contributed by atoms with Crippen molar-refractivity contribution >= 4 is 29.4 Å². The number of benzene rings is 1. The second-order valence-electron chi connectivity index (χ2n) is 9.66. The van der Waals surface area contributed by atoms with E-state index >= 15 is 0 Å². The number of hydrogen-bond acceptors (Lipinski definition) is 8. The van der Waals surface area contributed by atoms with Gasteiger partial charge in [0, 0.05) is 6.20 Å². The lowest BCUT2D eigenvalue weighted by molar-refractivity contribution is -0.137. The number of nitrogens with one attached hydrogen (secondary N) is 3. The van der Waals surface area contributed by atoms with Crippen LogP contribution in [-0.4, -0.2) is 53.7 Å². The van der Waals surface area contributed by atoms with Crippen LogP contribution in [0.25, 0.3) is 0 Å². The number of pyridine rings is 1. The van der Waals surface area contributed by atoms with E-state index in [4.69, 9.17) is 9.47 Å². The van der Waals surface area contributed by atoms with Crippen LogP contribution in [0, 0.1) is 17.8 Å². The van der Waals surface area contributed by atoms with E-state index in [2.05, 4.69) is 20.9 Å². The quantitative estimate of drug-likeness (QED) is 0.329. The van der Waals surface area contributed by atoms with E-state index in [1.807, 2.05) is 0 Å². The Kier molecular flexibility index (Phi) is 8.04. The zero-order valence-corrected chi connectivity index (χ0v) is 21.4. The van der Waals surface area contributed by atoms with Crippen LogP contribution < -0.4 is 25.4 Å². The first kappa shape index (κ1) is 26.8. The summed E-state index contributed by atoms with van der Waals surface area (Å²) in [6.45, 7) is 5.78. The number of aromatic nitrogens is 1. The molecule has 1 fully saturated rings. The van der Waals surface area contributed by atoms with Crippen LogP contribution in [0.1, 0.15) is 49.3 Å². The van der Waals surface area contributed by atoms with Gasteiger partial charge in [-0.2, -0.15) is 0 Å². The number of Topliss-reactive ketones (excluding diaryl/α,β-unsaturated/α-hetero) is 1. The molecule has 200 valence electrons. The minimum absolute atomic E-state index is 0.177. The molecule has 1 unspecified atom stereocenters. The summed E-state index contributed by atoms with van der Waals surface area (Å²) in [6, 6.07) is 8.26. The topological polar surface area (TPSA) is 153 Å². The van der Waals surface area contributed by atoms with E-state index in [0.717, 1.165) is 0 Å². The maximum atomic E-state index is 13.2. The summed E-state index contributed by atoms with van der Waals surface area (Å²) in [6.07, 6.45) is 1.28. The number of hydrogen-bond donors (Lipinski definition) is 3. The lowest BCUT2D eigenvalue weighted by Crippen LogP contribution is -2.49. The van der Waals surface area contributed by atoms with Gasteiger partial charge in [-0.1, -0.05) is 32.9 Å². The summed E-state index contributed by atoms with van der Waals surface area (Å²) in [5.74, 6) is -4.00. The van der Waals surface area contributed by atoms with Gasteiger partial charge in [-0.25, -0.2) is 0 Å². The van der Waals surface area contributed by atoms with Crippen LogP contribution in [-0.2, 0) is 19.2 Å². The summed E-state index contributed by atoms with van der Waals surface area (Å²) < 4.78 is 11.2. The van der Waals surface area contributed by atoms with Gasteiger partial charge < -0.3 is 20.1 Å². The van der Waals surface area contributed by atoms with E-state index < -0.39 is 53.3 Å². The van der Waals surface area contributed by atoms with Gasteiger partial charge in [0.25, 0.3) is 5.91 Å². The van der Waals surface area contributed by atoms with Crippen molar-refractivity contribution in [2.75, 3.05) is 13.2 Å². The van der Waals surface area contributed by atoms with Crippen LogP contribution in [0.5, 0.6) is 11.5 Å². The Morgan fingerprint density at radius 2 is 1.76 bits per heavy atom. The Hall–Kier alpha value is -4.28. The molecular weight excluding hydrogens is 492 g/mol. The fourth-order valence-corrected chi connectivity index (χ4v) is 4.50. The minimum Gasteiger partial charge on any atom is -0.486 e. The number of carbonyl (C=O) groups is 5. The normalized spacial score (nSPS) is 19.9. The van der Waals surface area contributed by atoms with Crippen molar-refractivity contribution in [2.24, 2.45) is 17.8 Å². The summed E-state index contributed by atoms with van der Waals surface area (Å²) >= 11 is 0. The van der Waals surface area contributed by atoms with E-state index in [1.54, 1.807) is 50.2 Å². The van der Waals surface area contributed by atoms with Crippen molar-refractivity contribution < 1.29 is 33.4 Å². The molecule has 4 rings (SSSR count). The highest BCUT2D eigenvalue weighted by Gasteiger charge is 2.46. The molecule has 2 aromatic rings. The van der Waals surface area contributed by atoms with Gasteiger partial charge in [0.15, 0.2) is 17.3 Å². The van der Waals surface area contributed by atoms with Crippen molar-refractivity contribution in [2.45, 2.75) is 39.3 Å². The summed E-state index contributed by atoms with van der Waals surface area (Å²) in [5.41, 5.74) is 0.770. The van der Waals surface area contributed by atoms with Gasteiger partial charge in [-0.3, -0.25) is 34.3 Å².